The molecule has 0 unspecified atom stereocenters. The first-order chi connectivity index (χ1) is 6.71. The van der Waals surface area contributed by atoms with E-state index < -0.39 is 0 Å². The Balaban J connectivity index is 2.23. The highest BCUT2D eigenvalue weighted by molar-refractivity contribution is 9.10. The van der Waals surface area contributed by atoms with Gasteiger partial charge in [-0.05, 0) is 25.0 Å². The molecule has 72 valence electrons. The van der Waals surface area contributed by atoms with Gasteiger partial charge in [-0.25, -0.2) is 4.79 Å². The van der Waals surface area contributed by atoms with Gasteiger partial charge in [-0.1, -0.05) is 22.0 Å². The van der Waals surface area contributed by atoms with Gasteiger partial charge in [0.15, 0.2) is 0 Å². The fourth-order valence-corrected chi connectivity index (χ4v) is 2.79. The molecule has 1 saturated carbocycles. The molecule has 1 heterocycles. The predicted molar refractivity (Wildman–Crippen MR) is 57.2 cm³/mol. The van der Waals surface area contributed by atoms with Gasteiger partial charge in [0.1, 0.15) is 0 Å². The Morgan fingerprint density at radius 3 is 2.86 bits per heavy atom. The lowest BCUT2D eigenvalue weighted by molar-refractivity contribution is 0.246. The Bertz CT molecular complexity index is 426. The highest BCUT2D eigenvalue weighted by Gasteiger charge is 2.50. The van der Waals surface area contributed by atoms with Crippen LogP contribution in [-0.4, -0.2) is 6.03 Å². The van der Waals surface area contributed by atoms with Crippen molar-refractivity contribution in [3.05, 3.63) is 28.2 Å². The maximum Gasteiger partial charge on any atom is 0.319 e. The van der Waals surface area contributed by atoms with Crippen LogP contribution in [0.4, 0.5) is 10.5 Å². The van der Waals surface area contributed by atoms with Gasteiger partial charge in [-0.2, -0.15) is 0 Å². The quantitative estimate of drug-likeness (QED) is 0.733. The van der Waals surface area contributed by atoms with E-state index in [0.717, 1.165) is 23.0 Å². The number of hydrogen-bond donors (Lipinski definition) is 2. The standard InChI is InChI=1S/C10H9BrN2O/c11-6-2-1-3-7-8(6)10(4-5-10)13-9(14)12-7/h1-3H,4-5H2,(H2,12,13,14). The van der Waals surface area contributed by atoms with Gasteiger partial charge in [-0.15, -0.1) is 0 Å². The Morgan fingerprint density at radius 1 is 1.36 bits per heavy atom. The van der Waals surface area contributed by atoms with Crippen molar-refractivity contribution in [1.82, 2.24) is 5.32 Å². The van der Waals surface area contributed by atoms with Crippen LogP contribution in [0.15, 0.2) is 22.7 Å². The molecule has 1 aliphatic carbocycles. The molecule has 1 fully saturated rings. The normalized spacial score (nSPS) is 21.1. The highest BCUT2D eigenvalue weighted by atomic mass is 79.9. The van der Waals surface area contributed by atoms with Crippen molar-refractivity contribution < 1.29 is 4.79 Å². The number of hydrogen-bond acceptors (Lipinski definition) is 1. The lowest BCUT2D eigenvalue weighted by Gasteiger charge is -2.28. The van der Waals surface area contributed by atoms with Crippen LogP contribution >= 0.6 is 15.9 Å². The number of nitrogens with one attached hydrogen (secondary N) is 2. The molecule has 4 heteroatoms. The number of benzene rings is 1. The van der Waals surface area contributed by atoms with Crippen LogP contribution in [-0.2, 0) is 5.54 Å². The number of carbonyl (C=O) groups excluding carboxylic acids is 1. The Labute approximate surface area is 90.0 Å². The number of halogens is 1. The van der Waals surface area contributed by atoms with E-state index in [9.17, 15) is 4.79 Å². The third-order valence-electron chi connectivity index (χ3n) is 2.84. The van der Waals surface area contributed by atoms with Gasteiger partial charge in [0.05, 0.1) is 5.54 Å². The second-order valence-electron chi connectivity index (χ2n) is 3.82. The van der Waals surface area contributed by atoms with E-state index in [1.54, 1.807) is 0 Å². The molecular formula is C10H9BrN2O. The monoisotopic (exact) mass is 252 g/mol. The molecule has 3 nitrogen and oxygen atoms in total. The van der Waals surface area contributed by atoms with Gasteiger partial charge in [0.25, 0.3) is 0 Å². The average molecular weight is 253 g/mol. The van der Waals surface area contributed by atoms with E-state index in [2.05, 4.69) is 26.6 Å². The van der Waals surface area contributed by atoms with E-state index in [1.807, 2.05) is 18.2 Å². The molecule has 0 atom stereocenters. The molecule has 2 amide bonds. The number of anilines is 1. The van der Waals surface area contributed by atoms with Crippen molar-refractivity contribution in [3.63, 3.8) is 0 Å². The van der Waals surface area contributed by atoms with Crippen LogP contribution in [0.25, 0.3) is 0 Å². The van der Waals surface area contributed by atoms with Crippen LogP contribution < -0.4 is 10.6 Å². The second-order valence-corrected chi connectivity index (χ2v) is 4.68. The molecule has 0 bridgehead atoms. The number of amides is 2. The SMILES string of the molecule is O=C1Nc2cccc(Br)c2C2(CC2)N1. The topological polar surface area (TPSA) is 41.1 Å². The molecule has 1 aromatic rings. The number of rotatable bonds is 0. The number of carbonyl (C=O) groups is 1. The Hall–Kier alpha value is -1.03. The van der Waals surface area contributed by atoms with Crippen LogP contribution in [0.1, 0.15) is 18.4 Å². The van der Waals surface area contributed by atoms with Gasteiger partial charge in [-0.3, -0.25) is 0 Å². The largest absolute Gasteiger partial charge is 0.328 e. The van der Waals surface area contributed by atoms with Crippen molar-refractivity contribution >= 4 is 27.6 Å². The number of fused-ring (bicyclic) bond motifs is 2. The minimum Gasteiger partial charge on any atom is -0.328 e. The summed E-state index contributed by atoms with van der Waals surface area (Å²) in [6.07, 6.45) is 2.08. The summed E-state index contributed by atoms with van der Waals surface area (Å²) in [4.78, 5) is 11.4. The van der Waals surface area contributed by atoms with E-state index in [4.69, 9.17) is 0 Å². The molecule has 1 aliphatic heterocycles. The fourth-order valence-electron chi connectivity index (χ4n) is 2.05. The summed E-state index contributed by atoms with van der Waals surface area (Å²) in [7, 11) is 0. The van der Waals surface area contributed by atoms with E-state index >= 15 is 0 Å². The molecular weight excluding hydrogens is 244 g/mol. The van der Waals surface area contributed by atoms with Gasteiger partial charge in [0.2, 0.25) is 0 Å². The second kappa shape index (κ2) is 2.51. The van der Waals surface area contributed by atoms with Crippen molar-refractivity contribution in [2.75, 3.05) is 5.32 Å². The van der Waals surface area contributed by atoms with Crippen molar-refractivity contribution in [2.24, 2.45) is 0 Å². The van der Waals surface area contributed by atoms with Gasteiger partial charge in [0, 0.05) is 15.7 Å². The summed E-state index contributed by atoms with van der Waals surface area (Å²) < 4.78 is 1.07. The summed E-state index contributed by atoms with van der Waals surface area (Å²) in [5.74, 6) is 0. The summed E-state index contributed by atoms with van der Waals surface area (Å²) in [5.41, 5.74) is 2.04. The summed E-state index contributed by atoms with van der Waals surface area (Å²) >= 11 is 3.53. The minimum absolute atomic E-state index is 0.0856. The molecule has 2 aliphatic rings. The molecule has 3 rings (SSSR count). The first kappa shape index (κ1) is 8.29. The maximum absolute atomic E-state index is 11.4. The Morgan fingerprint density at radius 2 is 2.14 bits per heavy atom. The van der Waals surface area contributed by atoms with Crippen molar-refractivity contribution in [3.8, 4) is 0 Å². The zero-order chi connectivity index (χ0) is 9.76. The van der Waals surface area contributed by atoms with Gasteiger partial charge < -0.3 is 10.6 Å². The van der Waals surface area contributed by atoms with Crippen LogP contribution in [0, 0.1) is 0 Å². The molecule has 14 heavy (non-hydrogen) atoms. The van der Waals surface area contributed by atoms with Crippen LogP contribution in [0.3, 0.4) is 0 Å². The summed E-state index contributed by atoms with van der Waals surface area (Å²) in [6, 6.07) is 5.80. The molecule has 0 aromatic heterocycles. The predicted octanol–water partition coefficient (Wildman–Crippen LogP) is 2.57. The van der Waals surface area contributed by atoms with E-state index in [0.29, 0.717) is 0 Å². The zero-order valence-electron chi connectivity index (χ0n) is 7.43. The lowest BCUT2D eigenvalue weighted by atomic mass is 10.0. The summed E-state index contributed by atoms with van der Waals surface area (Å²) in [5, 5.41) is 5.80. The van der Waals surface area contributed by atoms with Gasteiger partial charge >= 0.3 is 6.03 Å². The molecule has 0 radical (unpaired) electrons. The maximum atomic E-state index is 11.4. The third kappa shape index (κ3) is 1.00. The average Bonchev–Trinajstić information content (AvgIpc) is 2.84. The third-order valence-corrected chi connectivity index (χ3v) is 3.50. The fraction of sp³-hybridized carbons (Fsp3) is 0.300. The lowest BCUT2D eigenvalue weighted by Crippen LogP contribution is -2.43. The first-order valence-electron chi connectivity index (χ1n) is 4.59. The van der Waals surface area contributed by atoms with Crippen LogP contribution in [0.2, 0.25) is 0 Å². The van der Waals surface area contributed by atoms with E-state index in [-0.39, 0.29) is 11.6 Å². The van der Waals surface area contributed by atoms with Crippen molar-refractivity contribution in [1.29, 1.82) is 0 Å². The van der Waals surface area contributed by atoms with E-state index in [1.165, 1.54) is 5.56 Å². The highest BCUT2D eigenvalue weighted by Crippen LogP contribution is 2.52. The number of urea groups is 1. The van der Waals surface area contributed by atoms with Crippen LogP contribution in [0.5, 0.6) is 0 Å². The zero-order valence-corrected chi connectivity index (χ0v) is 9.02. The Kier molecular flexibility index (Phi) is 1.49. The minimum atomic E-state index is -0.0897. The first-order valence-corrected chi connectivity index (χ1v) is 5.39. The molecule has 2 N–H and O–H groups in total. The smallest absolute Gasteiger partial charge is 0.319 e. The molecule has 1 aromatic carbocycles. The summed E-state index contributed by atoms with van der Waals surface area (Å²) in [6.45, 7) is 0. The van der Waals surface area contributed by atoms with Crippen molar-refractivity contribution in [2.45, 2.75) is 18.4 Å². The molecule has 0 saturated heterocycles. The molecule has 1 spiro atoms.